The topological polar surface area (TPSA) is 0 Å². The summed E-state index contributed by atoms with van der Waals surface area (Å²) in [5.41, 5.74) is 1.27. The van der Waals surface area contributed by atoms with Gasteiger partial charge in [-0.15, -0.1) is 6.58 Å². The maximum absolute atomic E-state index is 7.77. The Labute approximate surface area is 72.4 Å². The van der Waals surface area contributed by atoms with Crippen LogP contribution in [0, 0.1) is 0 Å². The van der Waals surface area contributed by atoms with Gasteiger partial charge in [-0.05, 0) is 19.3 Å². The Kier molecular flexibility index (Phi) is 5.91. The normalized spacial score (nSPS) is 13.8. The largest absolute Gasteiger partial charge is 0.103 e. The molecule has 0 amide bonds. The van der Waals surface area contributed by atoms with Gasteiger partial charge in [-0.25, -0.2) is 0 Å². The van der Waals surface area contributed by atoms with Gasteiger partial charge < -0.3 is 0 Å². The first-order valence-electron chi connectivity index (χ1n) is 5.04. The second-order valence-corrected chi connectivity index (χ2v) is 2.77. The predicted molar refractivity (Wildman–Crippen MR) is 52.7 cm³/mol. The van der Waals surface area contributed by atoms with E-state index in [1.807, 2.05) is 6.08 Å². The molecule has 0 aliphatic rings. The van der Waals surface area contributed by atoms with Crippen molar-refractivity contribution in [2.24, 2.45) is 0 Å². The van der Waals surface area contributed by atoms with Gasteiger partial charge in [0.15, 0.2) is 0 Å². The van der Waals surface area contributed by atoms with E-state index < -0.39 is 0 Å². The Morgan fingerprint density at radius 3 is 2.64 bits per heavy atom. The molecular formula is C11H20. The molecule has 0 spiro atoms. The first-order chi connectivity index (χ1) is 5.76. The van der Waals surface area contributed by atoms with Crippen LogP contribution in [-0.4, -0.2) is 0 Å². The van der Waals surface area contributed by atoms with Gasteiger partial charge in [0.05, 0.1) is 1.37 Å². The minimum Gasteiger partial charge on any atom is -0.103 e. The SMILES string of the molecule is [2H]/C(CCC)=C(\CC=C)CCC. The Balaban J connectivity index is 4.20. The molecule has 0 unspecified atom stereocenters. The summed E-state index contributed by atoms with van der Waals surface area (Å²) in [6, 6.07) is 0.833. The van der Waals surface area contributed by atoms with Gasteiger partial charge in [-0.3, -0.25) is 0 Å². The lowest BCUT2D eigenvalue weighted by molar-refractivity contribution is 0.854. The average Bonchev–Trinajstić information content (AvgIpc) is 2.04. The van der Waals surface area contributed by atoms with Crippen molar-refractivity contribution in [3.05, 3.63) is 24.3 Å². The van der Waals surface area contributed by atoms with Gasteiger partial charge >= 0.3 is 0 Å². The van der Waals surface area contributed by atoms with Crippen LogP contribution < -0.4 is 0 Å². The van der Waals surface area contributed by atoms with E-state index in [2.05, 4.69) is 20.4 Å². The maximum Gasteiger partial charge on any atom is 0.0575 e. The van der Waals surface area contributed by atoms with Crippen molar-refractivity contribution < 1.29 is 1.37 Å². The van der Waals surface area contributed by atoms with Crippen LogP contribution in [0.5, 0.6) is 0 Å². The van der Waals surface area contributed by atoms with E-state index >= 15 is 0 Å². The lowest BCUT2D eigenvalue weighted by atomic mass is 10.1. The first-order valence-corrected chi connectivity index (χ1v) is 4.54. The second kappa shape index (κ2) is 7.59. The van der Waals surface area contributed by atoms with E-state index in [0.717, 1.165) is 38.2 Å². The zero-order chi connectivity index (χ0) is 9.40. The lowest BCUT2D eigenvalue weighted by Gasteiger charge is -2.01. The first kappa shape index (κ1) is 8.58. The fourth-order valence-electron chi connectivity index (χ4n) is 1.04. The number of allylic oxidation sites excluding steroid dienone is 3. The Hall–Kier alpha value is -0.520. The van der Waals surface area contributed by atoms with Gasteiger partial charge in [0.1, 0.15) is 0 Å². The minimum atomic E-state index is 0.833. The molecule has 0 nitrogen and oxygen atoms in total. The van der Waals surface area contributed by atoms with Gasteiger partial charge in [-0.2, -0.15) is 0 Å². The molecule has 0 radical (unpaired) electrons. The van der Waals surface area contributed by atoms with Crippen molar-refractivity contribution in [1.82, 2.24) is 0 Å². The van der Waals surface area contributed by atoms with Crippen molar-refractivity contribution in [3.63, 3.8) is 0 Å². The molecule has 0 aromatic carbocycles. The molecule has 0 heterocycles. The van der Waals surface area contributed by atoms with Crippen LogP contribution in [0.15, 0.2) is 24.3 Å². The van der Waals surface area contributed by atoms with Crippen LogP contribution in [0.25, 0.3) is 0 Å². The lowest BCUT2D eigenvalue weighted by Crippen LogP contribution is -1.80. The highest BCUT2D eigenvalue weighted by Crippen LogP contribution is 2.11. The van der Waals surface area contributed by atoms with Crippen LogP contribution >= 0.6 is 0 Å². The average molecular weight is 153 g/mol. The summed E-state index contributed by atoms with van der Waals surface area (Å²) in [5, 5.41) is 0. The van der Waals surface area contributed by atoms with E-state index in [4.69, 9.17) is 1.37 Å². The summed E-state index contributed by atoms with van der Waals surface area (Å²) >= 11 is 0. The highest BCUT2D eigenvalue weighted by atomic mass is 14.0. The molecular weight excluding hydrogens is 132 g/mol. The molecule has 0 saturated carbocycles. The monoisotopic (exact) mass is 153 g/mol. The van der Waals surface area contributed by atoms with Crippen LogP contribution in [0.1, 0.15) is 47.3 Å². The molecule has 0 aromatic heterocycles. The molecule has 0 aromatic rings. The molecule has 0 saturated heterocycles. The van der Waals surface area contributed by atoms with Crippen molar-refractivity contribution in [1.29, 1.82) is 0 Å². The zero-order valence-electron chi connectivity index (χ0n) is 8.82. The van der Waals surface area contributed by atoms with Crippen LogP contribution in [0.4, 0.5) is 0 Å². The Morgan fingerprint density at radius 2 is 2.18 bits per heavy atom. The fraction of sp³-hybridized carbons (Fsp3) is 0.636. The van der Waals surface area contributed by atoms with E-state index in [1.165, 1.54) is 5.57 Å². The molecule has 11 heavy (non-hydrogen) atoms. The highest BCUT2D eigenvalue weighted by molar-refractivity contribution is 5.05. The quantitative estimate of drug-likeness (QED) is 0.504. The Morgan fingerprint density at radius 1 is 1.45 bits per heavy atom. The van der Waals surface area contributed by atoms with E-state index in [9.17, 15) is 0 Å². The number of rotatable bonds is 6. The standard InChI is InChI=1S/C11H20/c1-4-7-10-11(8-5-2)9-6-3/h5,10H,2,4,6-9H2,1,3H3/b11-10-/i10D. The molecule has 0 N–H and O–H groups in total. The third-order valence-electron chi connectivity index (χ3n) is 1.57. The van der Waals surface area contributed by atoms with E-state index in [-0.39, 0.29) is 0 Å². The minimum absolute atomic E-state index is 0.833. The molecule has 0 bridgehead atoms. The summed E-state index contributed by atoms with van der Waals surface area (Å²) in [6.07, 6.45) is 6.98. The van der Waals surface area contributed by atoms with E-state index in [1.54, 1.807) is 0 Å². The maximum atomic E-state index is 7.77. The molecule has 64 valence electrons. The molecule has 0 atom stereocenters. The van der Waals surface area contributed by atoms with E-state index in [0.29, 0.717) is 0 Å². The van der Waals surface area contributed by atoms with Crippen molar-refractivity contribution in [2.75, 3.05) is 0 Å². The van der Waals surface area contributed by atoms with Crippen LogP contribution in [0.2, 0.25) is 0 Å². The van der Waals surface area contributed by atoms with Gasteiger partial charge in [0.2, 0.25) is 0 Å². The number of hydrogen-bond acceptors (Lipinski definition) is 0. The van der Waals surface area contributed by atoms with Crippen molar-refractivity contribution in [2.45, 2.75) is 46.0 Å². The summed E-state index contributed by atoms with van der Waals surface area (Å²) in [4.78, 5) is 0. The van der Waals surface area contributed by atoms with Gasteiger partial charge in [0.25, 0.3) is 0 Å². The third-order valence-corrected chi connectivity index (χ3v) is 1.57. The molecule has 0 aliphatic carbocycles. The highest BCUT2D eigenvalue weighted by Gasteiger charge is 1.91. The molecule has 0 fully saturated rings. The summed E-state index contributed by atoms with van der Waals surface area (Å²) in [6.45, 7) is 7.98. The molecule has 0 aliphatic heterocycles. The predicted octanol–water partition coefficient (Wildman–Crippen LogP) is 4.09. The zero-order valence-corrected chi connectivity index (χ0v) is 7.82. The summed E-state index contributed by atoms with van der Waals surface area (Å²) in [5.74, 6) is 0. The number of hydrogen-bond donors (Lipinski definition) is 0. The van der Waals surface area contributed by atoms with Crippen LogP contribution in [-0.2, 0) is 0 Å². The van der Waals surface area contributed by atoms with Crippen molar-refractivity contribution in [3.8, 4) is 0 Å². The molecule has 0 heteroatoms. The summed E-state index contributed by atoms with van der Waals surface area (Å²) in [7, 11) is 0. The smallest absolute Gasteiger partial charge is 0.0575 e. The van der Waals surface area contributed by atoms with Crippen molar-refractivity contribution >= 4 is 0 Å². The van der Waals surface area contributed by atoms with Gasteiger partial charge in [-0.1, -0.05) is 44.4 Å². The molecule has 0 rings (SSSR count). The third kappa shape index (κ3) is 5.90. The summed E-state index contributed by atoms with van der Waals surface area (Å²) < 4.78 is 7.77. The second-order valence-electron chi connectivity index (χ2n) is 2.77. The van der Waals surface area contributed by atoms with Crippen LogP contribution in [0.3, 0.4) is 0 Å². The Bertz CT molecular complexity index is 156. The van der Waals surface area contributed by atoms with Gasteiger partial charge in [0, 0.05) is 0 Å². The fourth-order valence-corrected chi connectivity index (χ4v) is 1.04.